The van der Waals surface area contributed by atoms with Gasteiger partial charge in [-0.25, -0.2) is 0 Å². The van der Waals surface area contributed by atoms with E-state index in [1.807, 2.05) is 31.2 Å². The highest BCUT2D eigenvalue weighted by molar-refractivity contribution is 5.84. The maximum atomic E-state index is 12.1. The van der Waals surface area contributed by atoms with Crippen LogP contribution in [0.25, 0.3) is 0 Å². The van der Waals surface area contributed by atoms with Crippen molar-refractivity contribution < 1.29 is 22.7 Å². The number of carbonyl (C=O) groups is 1. The molecule has 0 bridgehead atoms. The summed E-state index contributed by atoms with van der Waals surface area (Å²) in [6, 6.07) is 12.5. The number of ether oxygens (including phenoxy) is 1. The summed E-state index contributed by atoms with van der Waals surface area (Å²) in [5.41, 5.74) is 2.65. The number of nitrogens with one attached hydrogen (secondary N) is 2. The largest absolute Gasteiger partial charge is 0.573 e. The van der Waals surface area contributed by atoms with E-state index in [1.54, 1.807) is 6.92 Å². The highest BCUT2D eigenvalue weighted by Gasteiger charge is 2.30. The molecule has 2 aromatic rings. The monoisotopic (exact) mass is 352 g/mol. The molecule has 0 heterocycles. The number of alkyl halides is 3. The average molecular weight is 352 g/mol. The van der Waals surface area contributed by atoms with Crippen LogP contribution in [0.3, 0.4) is 0 Å². The maximum Gasteiger partial charge on any atom is 0.573 e. The molecule has 2 N–H and O–H groups in total. The van der Waals surface area contributed by atoms with Gasteiger partial charge in [0, 0.05) is 12.2 Å². The zero-order valence-corrected chi connectivity index (χ0v) is 13.9. The molecule has 134 valence electrons. The van der Waals surface area contributed by atoms with Gasteiger partial charge in [-0.1, -0.05) is 29.8 Å². The fraction of sp³-hybridized carbons (Fsp3) is 0.278. The Hall–Kier alpha value is -2.70. The van der Waals surface area contributed by atoms with E-state index in [-0.39, 0.29) is 11.7 Å². The Kier molecular flexibility index (Phi) is 5.90. The normalized spacial score (nSPS) is 12.4. The van der Waals surface area contributed by atoms with Crippen LogP contribution in [-0.2, 0) is 11.3 Å². The molecule has 0 spiro atoms. The predicted molar refractivity (Wildman–Crippen MR) is 89.2 cm³/mol. The molecule has 0 saturated carbocycles. The molecular weight excluding hydrogens is 333 g/mol. The molecule has 0 aliphatic heterocycles. The van der Waals surface area contributed by atoms with E-state index in [0.29, 0.717) is 12.2 Å². The lowest BCUT2D eigenvalue weighted by Gasteiger charge is -2.16. The van der Waals surface area contributed by atoms with Crippen molar-refractivity contribution in [2.24, 2.45) is 0 Å². The summed E-state index contributed by atoms with van der Waals surface area (Å²) in [6.07, 6.45) is -4.72. The van der Waals surface area contributed by atoms with Crippen LogP contribution in [0.1, 0.15) is 18.1 Å². The lowest BCUT2D eigenvalue weighted by Crippen LogP contribution is -2.37. The van der Waals surface area contributed by atoms with Crippen LogP contribution < -0.4 is 15.4 Å². The zero-order chi connectivity index (χ0) is 18.4. The molecule has 0 aromatic heterocycles. The SMILES string of the molecule is Cc1ccc(CNC(=O)[C@H](C)Nc2ccc(OC(F)(F)F)cc2)cc1. The third-order valence-electron chi connectivity index (χ3n) is 3.45. The van der Waals surface area contributed by atoms with Gasteiger partial charge in [0.1, 0.15) is 11.8 Å². The second kappa shape index (κ2) is 7.92. The van der Waals surface area contributed by atoms with Crippen molar-refractivity contribution in [1.29, 1.82) is 0 Å². The standard InChI is InChI=1S/C18H19F3N2O2/c1-12-3-5-14(6-4-12)11-22-17(24)13(2)23-15-7-9-16(10-8-15)25-18(19,20)21/h3-10,13,23H,11H2,1-2H3,(H,22,24)/t13-/m0/s1. The van der Waals surface area contributed by atoms with Crippen LogP contribution in [-0.4, -0.2) is 18.3 Å². The lowest BCUT2D eigenvalue weighted by atomic mass is 10.1. The maximum absolute atomic E-state index is 12.1. The van der Waals surface area contributed by atoms with Gasteiger partial charge in [0.05, 0.1) is 0 Å². The summed E-state index contributed by atoms with van der Waals surface area (Å²) >= 11 is 0. The van der Waals surface area contributed by atoms with Gasteiger partial charge in [0.15, 0.2) is 0 Å². The highest BCUT2D eigenvalue weighted by Crippen LogP contribution is 2.24. The minimum absolute atomic E-state index is 0.212. The lowest BCUT2D eigenvalue weighted by molar-refractivity contribution is -0.274. The molecule has 25 heavy (non-hydrogen) atoms. The summed E-state index contributed by atoms with van der Waals surface area (Å²) < 4.78 is 40.1. The number of amides is 1. The van der Waals surface area contributed by atoms with Gasteiger partial charge >= 0.3 is 6.36 Å². The number of carbonyl (C=O) groups excluding carboxylic acids is 1. The summed E-state index contributed by atoms with van der Waals surface area (Å²) in [6.45, 7) is 4.06. The first-order valence-electron chi connectivity index (χ1n) is 7.68. The Morgan fingerprint density at radius 2 is 1.68 bits per heavy atom. The first kappa shape index (κ1) is 18.6. The van der Waals surface area contributed by atoms with Crippen molar-refractivity contribution in [3.05, 3.63) is 59.7 Å². The van der Waals surface area contributed by atoms with E-state index >= 15 is 0 Å². The van der Waals surface area contributed by atoms with Crippen LogP contribution in [0.2, 0.25) is 0 Å². The van der Waals surface area contributed by atoms with E-state index in [9.17, 15) is 18.0 Å². The second-order valence-corrected chi connectivity index (χ2v) is 5.64. The molecule has 7 heteroatoms. The number of benzene rings is 2. The Morgan fingerprint density at radius 1 is 1.08 bits per heavy atom. The number of hydrogen-bond donors (Lipinski definition) is 2. The number of rotatable bonds is 6. The van der Waals surface area contributed by atoms with Crippen molar-refractivity contribution in [3.63, 3.8) is 0 Å². The molecule has 1 amide bonds. The van der Waals surface area contributed by atoms with E-state index in [0.717, 1.165) is 11.1 Å². The molecule has 0 unspecified atom stereocenters. The topological polar surface area (TPSA) is 50.4 Å². The summed E-state index contributed by atoms with van der Waals surface area (Å²) in [4.78, 5) is 12.1. The fourth-order valence-electron chi connectivity index (χ4n) is 2.12. The second-order valence-electron chi connectivity index (χ2n) is 5.64. The first-order valence-corrected chi connectivity index (χ1v) is 7.68. The Bertz CT molecular complexity index is 698. The predicted octanol–water partition coefficient (Wildman–Crippen LogP) is 4.01. The van der Waals surface area contributed by atoms with Crippen molar-refractivity contribution in [2.75, 3.05) is 5.32 Å². The van der Waals surface area contributed by atoms with Crippen LogP contribution in [0.4, 0.5) is 18.9 Å². The molecule has 2 aromatic carbocycles. The van der Waals surface area contributed by atoms with Crippen LogP contribution >= 0.6 is 0 Å². The number of anilines is 1. The number of aryl methyl sites for hydroxylation is 1. The third kappa shape index (κ3) is 6.37. The van der Waals surface area contributed by atoms with Gasteiger partial charge in [-0.3, -0.25) is 4.79 Å². The molecule has 0 aliphatic rings. The van der Waals surface area contributed by atoms with Crippen molar-refractivity contribution >= 4 is 11.6 Å². The van der Waals surface area contributed by atoms with Gasteiger partial charge in [-0.05, 0) is 43.7 Å². The van der Waals surface area contributed by atoms with Gasteiger partial charge in [0.25, 0.3) is 0 Å². The summed E-state index contributed by atoms with van der Waals surface area (Å²) in [5, 5.41) is 5.73. The summed E-state index contributed by atoms with van der Waals surface area (Å²) in [7, 11) is 0. The Balaban J connectivity index is 1.84. The first-order chi connectivity index (χ1) is 11.7. The Labute approximate surface area is 144 Å². The van der Waals surface area contributed by atoms with E-state index < -0.39 is 12.4 Å². The molecule has 1 atom stereocenters. The van der Waals surface area contributed by atoms with Crippen LogP contribution in [0.5, 0.6) is 5.75 Å². The van der Waals surface area contributed by atoms with Crippen molar-refractivity contribution in [2.45, 2.75) is 32.8 Å². The minimum Gasteiger partial charge on any atom is -0.406 e. The zero-order valence-electron chi connectivity index (χ0n) is 13.9. The van der Waals surface area contributed by atoms with Gasteiger partial charge in [-0.15, -0.1) is 13.2 Å². The molecule has 0 aliphatic carbocycles. The van der Waals surface area contributed by atoms with Crippen LogP contribution in [0.15, 0.2) is 48.5 Å². The minimum atomic E-state index is -4.72. The third-order valence-corrected chi connectivity index (χ3v) is 3.45. The van der Waals surface area contributed by atoms with Crippen LogP contribution in [0, 0.1) is 6.92 Å². The van der Waals surface area contributed by atoms with Gasteiger partial charge in [0.2, 0.25) is 5.91 Å². The van der Waals surface area contributed by atoms with Crippen molar-refractivity contribution in [3.8, 4) is 5.75 Å². The smallest absolute Gasteiger partial charge is 0.406 e. The number of hydrogen-bond acceptors (Lipinski definition) is 3. The van der Waals surface area contributed by atoms with Crippen molar-refractivity contribution in [1.82, 2.24) is 5.32 Å². The van der Waals surface area contributed by atoms with Gasteiger partial charge < -0.3 is 15.4 Å². The number of halogens is 3. The molecular formula is C18H19F3N2O2. The Morgan fingerprint density at radius 3 is 2.24 bits per heavy atom. The molecule has 4 nitrogen and oxygen atoms in total. The van der Waals surface area contributed by atoms with E-state index in [4.69, 9.17) is 0 Å². The summed E-state index contributed by atoms with van der Waals surface area (Å²) in [5.74, 6) is -0.522. The molecule has 0 saturated heterocycles. The molecule has 0 radical (unpaired) electrons. The van der Waals surface area contributed by atoms with E-state index in [1.165, 1.54) is 24.3 Å². The molecule has 0 fully saturated rings. The fourth-order valence-corrected chi connectivity index (χ4v) is 2.12. The molecule has 2 rings (SSSR count). The average Bonchev–Trinajstić information content (AvgIpc) is 2.54. The van der Waals surface area contributed by atoms with Gasteiger partial charge in [-0.2, -0.15) is 0 Å². The highest BCUT2D eigenvalue weighted by atomic mass is 19.4. The quantitative estimate of drug-likeness (QED) is 0.826. The van der Waals surface area contributed by atoms with E-state index in [2.05, 4.69) is 15.4 Å².